The van der Waals surface area contributed by atoms with Gasteiger partial charge in [-0.05, 0) is 42.3 Å². The van der Waals surface area contributed by atoms with E-state index in [1.54, 1.807) is 13.2 Å². The number of benzene rings is 2. The molecule has 118 valence electrons. The number of aryl methyl sites for hydroxylation is 1. The van der Waals surface area contributed by atoms with Gasteiger partial charge < -0.3 is 14.5 Å². The van der Waals surface area contributed by atoms with Crippen molar-refractivity contribution in [1.29, 1.82) is 0 Å². The molecule has 0 radical (unpaired) electrons. The average Bonchev–Trinajstić information content (AvgIpc) is 2.89. The van der Waals surface area contributed by atoms with Crippen LogP contribution in [0.15, 0.2) is 42.5 Å². The number of H-pyrrole nitrogens is 1. The van der Waals surface area contributed by atoms with Gasteiger partial charge in [0.25, 0.3) is 0 Å². The highest BCUT2D eigenvalue weighted by molar-refractivity contribution is 5.92. The number of ether oxygens (including phenoxy) is 2. The number of aromatic nitrogens is 1. The quantitative estimate of drug-likeness (QED) is 0.744. The molecule has 0 aliphatic carbocycles. The number of esters is 1. The van der Waals surface area contributed by atoms with E-state index in [0.717, 1.165) is 33.5 Å². The van der Waals surface area contributed by atoms with Crippen molar-refractivity contribution < 1.29 is 14.3 Å². The van der Waals surface area contributed by atoms with E-state index in [0.29, 0.717) is 12.0 Å². The maximum absolute atomic E-state index is 12.0. The fraction of sp³-hybridized carbons (Fsp3) is 0.211. The first-order valence-electron chi connectivity index (χ1n) is 7.45. The third-order valence-electron chi connectivity index (χ3n) is 4.12. The van der Waals surface area contributed by atoms with Gasteiger partial charge in [-0.15, -0.1) is 0 Å². The van der Waals surface area contributed by atoms with E-state index in [9.17, 15) is 4.79 Å². The van der Waals surface area contributed by atoms with Crippen LogP contribution < -0.4 is 4.74 Å². The number of methoxy groups -OCH3 is 2. The normalized spacial score (nSPS) is 10.7. The number of carbonyl (C=O) groups excluding carboxylic acids is 1. The van der Waals surface area contributed by atoms with Gasteiger partial charge in [-0.1, -0.05) is 18.2 Å². The second-order valence-corrected chi connectivity index (χ2v) is 5.47. The molecule has 0 aliphatic heterocycles. The summed E-state index contributed by atoms with van der Waals surface area (Å²) in [5.41, 5.74) is 4.87. The molecule has 1 aromatic heterocycles. The summed E-state index contributed by atoms with van der Waals surface area (Å²) in [7, 11) is 3.06. The molecule has 0 atom stereocenters. The third kappa shape index (κ3) is 2.80. The maximum atomic E-state index is 12.0. The van der Waals surface area contributed by atoms with Crippen molar-refractivity contribution in [1.82, 2.24) is 4.98 Å². The SMILES string of the molecule is COC(=O)c1ccccc1Cc1c(C)[nH]c2ccc(OC)cc12. The van der Waals surface area contributed by atoms with Crippen molar-refractivity contribution in [3.8, 4) is 5.75 Å². The minimum Gasteiger partial charge on any atom is -0.497 e. The molecule has 0 spiro atoms. The molecule has 3 aromatic rings. The Morgan fingerprint density at radius 1 is 1.13 bits per heavy atom. The summed E-state index contributed by atoms with van der Waals surface area (Å²) in [6.07, 6.45) is 0.657. The zero-order chi connectivity index (χ0) is 16.4. The highest BCUT2D eigenvalue weighted by Gasteiger charge is 2.15. The molecule has 3 rings (SSSR count). The molecule has 0 amide bonds. The van der Waals surface area contributed by atoms with Crippen molar-refractivity contribution in [2.45, 2.75) is 13.3 Å². The first-order chi connectivity index (χ1) is 11.1. The highest BCUT2D eigenvalue weighted by Crippen LogP contribution is 2.29. The maximum Gasteiger partial charge on any atom is 0.338 e. The molecule has 0 saturated carbocycles. The lowest BCUT2D eigenvalue weighted by molar-refractivity contribution is 0.0599. The molecule has 0 unspecified atom stereocenters. The van der Waals surface area contributed by atoms with Crippen LogP contribution in [0, 0.1) is 6.92 Å². The van der Waals surface area contributed by atoms with Crippen LogP contribution in [0.3, 0.4) is 0 Å². The van der Waals surface area contributed by atoms with Crippen molar-refractivity contribution in [3.05, 3.63) is 64.8 Å². The van der Waals surface area contributed by atoms with Gasteiger partial charge in [0, 0.05) is 23.0 Å². The van der Waals surface area contributed by atoms with Gasteiger partial charge in [0.1, 0.15) is 5.75 Å². The molecule has 4 heteroatoms. The minimum atomic E-state index is -0.310. The third-order valence-corrected chi connectivity index (χ3v) is 4.12. The lowest BCUT2D eigenvalue weighted by Gasteiger charge is -2.08. The Morgan fingerprint density at radius 2 is 1.91 bits per heavy atom. The van der Waals surface area contributed by atoms with Crippen LogP contribution in [-0.4, -0.2) is 25.2 Å². The summed E-state index contributed by atoms with van der Waals surface area (Å²) in [6, 6.07) is 13.5. The Hall–Kier alpha value is -2.75. The molecular formula is C19H19NO3. The Kier molecular flexibility index (Phi) is 4.06. The standard InChI is InChI=1S/C19H19NO3/c1-12-16(17-11-14(22-2)8-9-18(17)20-12)10-13-6-4-5-7-15(13)19(21)23-3/h4-9,11,20H,10H2,1-3H3. The van der Waals surface area contributed by atoms with E-state index in [-0.39, 0.29) is 5.97 Å². The zero-order valence-electron chi connectivity index (χ0n) is 13.5. The van der Waals surface area contributed by atoms with Crippen LogP contribution in [-0.2, 0) is 11.2 Å². The highest BCUT2D eigenvalue weighted by atomic mass is 16.5. The Balaban J connectivity index is 2.09. The van der Waals surface area contributed by atoms with Gasteiger partial charge >= 0.3 is 5.97 Å². The van der Waals surface area contributed by atoms with E-state index in [4.69, 9.17) is 9.47 Å². The van der Waals surface area contributed by atoms with Gasteiger partial charge in [-0.25, -0.2) is 4.79 Å². The predicted molar refractivity (Wildman–Crippen MR) is 90.2 cm³/mol. The number of hydrogen-bond donors (Lipinski definition) is 1. The first-order valence-corrected chi connectivity index (χ1v) is 7.45. The predicted octanol–water partition coefficient (Wildman–Crippen LogP) is 3.86. The Bertz CT molecular complexity index is 864. The topological polar surface area (TPSA) is 51.3 Å². The summed E-state index contributed by atoms with van der Waals surface area (Å²) in [5, 5.41) is 1.11. The second-order valence-electron chi connectivity index (χ2n) is 5.47. The monoisotopic (exact) mass is 309 g/mol. The molecular weight excluding hydrogens is 290 g/mol. The van der Waals surface area contributed by atoms with Crippen LogP contribution in [0.4, 0.5) is 0 Å². The summed E-state index contributed by atoms with van der Waals surface area (Å²) in [6.45, 7) is 2.04. The molecule has 0 bridgehead atoms. The number of hydrogen-bond acceptors (Lipinski definition) is 3. The fourth-order valence-electron chi connectivity index (χ4n) is 2.89. The van der Waals surface area contributed by atoms with Gasteiger partial charge in [0.05, 0.1) is 19.8 Å². The van der Waals surface area contributed by atoms with Crippen LogP contribution in [0.2, 0.25) is 0 Å². The molecule has 23 heavy (non-hydrogen) atoms. The van der Waals surface area contributed by atoms with Crippen LogP contribution in [0.5, 0.6) is 5.75 Å². The van der Waals surface area contributed by atoms with Crippen molar-refractivity contribution in [2.24, 2.45) is 0 Å². The first kappa shape index (κ1) is 15.2. The van der Waals surface area contributed by atoms with Gasteiger partial charge in [-0.2, -0.15) is 0 Å². The fourth-order valence-corrected chi connectivity index (χ4v) is 2.89. The Labute approximate surface area is 135 Å². The van der Waals surface area contributed by atoms with Crippen LogP contribution in [0.25, 0.3) is 10.9 Å². The number of rotatable bonds is 4. The van der Waals surface area contributed by atoms with Gasteiger partial charge in [-0.3, -0.25) is 0 Å². The van der Waals surface area contributed by atoms with Crippen molar-refractivity contribution >= 4 is 16.9 Å². The molecule has 4 nitrogen and oxygen atoms in total. The number of nitrogens with one attached hydrogen (secondary N) is 1. The zero-order valence-corrected chi connectivity index (χ0v) is 13.5. The molecule has 1 N–H and O–H groups in total. The molecule has 2 aromatic carbocycles. The van der Waals surface area contributed by atoms with Crippen molar-refractivity contribution in [2.75, 3.05) is 14.2 Å². The summed E-state index contributed by atoms with van der Waals surface area (Å²) >= 11 is 0. The summed E-state index contributed by atoms with van der Waals surface area (Å²) < 4.78 is 10.2. The molecule has 1 heterocycles. The number of carbonyl (C=O) groups is 1. The van der Waals surface area contributed by atoms with E-state index in [2.05, 4.69) is 4.98 Å². The lowest BCUT2D eigenvalue weighted by Crippen LogP contribution is -2.06. The van der Waals surface area contributed by atoms with Gasteiger partial charge in [0.15, 0.2) is 0 Å². The van der Waals surface area contributed by atoms with E-state index in [1.165, 1.54) is 7.11 Å². The number of aromatic amines is 1. The average molecular weight is 309 g/mol. The van der Waals surface area contributed by atoms with E-state index >= 15 is 0 Å². The smallest absolute Gasteiger partial charge is 0.338 e. The largest absolute Gasteiger partial charge is 0.497 e. The van der Waals surface area contributed by atoms with Crippen LogP contribution in [0.1, 0.15) is 27.2 Å². The summed E-state index contributed by atoms with van der Waals surface area (Å²) in [5.74, 6) is 0.509. The second kappa shape index (κ2) is 6.16. The van der Waals surface area contributed by atoms with E-state index in [1.807, 2.05) is 43.3 Å². The van der Waals surface area contributed by atoms with E-state index < -0.39 is 0 Å². The summed E-state index contributed by atoms with van der Waals surface area (Å²) in [4.78, 5) is 15.4. The van der Waals surface area contributed by atoms with Crippen LogP contribution >= 0.6 is 0 Å². The molecule has 0 aliphatic rings. The molecule has 0 saturated heterocycles. The van der Waals surface area contributed by atoms with Gasteiger partial charge in [0.2, 0.25) is 0 Å². The minimum absolute atomic E-state index is 0.310. The van der Waals surface area contributed by atoms with Crippen molar-refractivity contribution in [3.63, 3.8) is 0 Å². The number of fused-ring (bicyclic) bond motifs is 1. The lowest BCUT2D eigenvalue weighted by atomic mass is 9.98. The molecule has 0 fully saturated rings. The Morgan fingerprint density at radius 3 is 2.65 bits per heavy atom.